The lowest BCUT2D eigenvalue weighted by molar-refractivity contribution is 0.213. The van der Waals surface area contributed by atoms with Gasteiger partial charge in [0, 0.05) is 17.0 Å². The van der Waals surface area contributed by atoms with Crippen molar-refractivity contribution >= 4 is 0 Å². The van der Waals surface area contributed by atoms with E-state index in [9.17, 15) is 4.79 Å². The molecule has 2 heterocycles. The molecule has 0 saturated carbocycles. The maximum atomic E-state index is 12.0. The van der Waals surface area contributed by atoms with Crippen LogP contribution in [0, 0.1) is 6.92 Å². The number of aromatic nitrogens is 2. The van der Waals surface area contributed by atoms with E-state index < -0.39 is 0 Å². The van der Waals surface area contributed by atoms with Crippen molar-refractivity contribution in [3.8, 4) is 0 Å². The molecule has 0 aromatic carbocycles. The minimum Gasteiger partial charge on any atom is -0.313 e. The normalized spacial score (nSPS) is 31.8. The number of H-pyrrole nitrogens is 1. The molecule has 1 aliphatic heterocycles. The Morgan fingerprint density at radius 2 is 2.29 bits per heavy atom. The van der Waals surface area contributed by atoms with E-state index in [0.29, 0.717) is 6.04 Å². The van der Waals surface area contributed by atoms with Gasteiger partial charge in [0.15, 0.2) is 0 Å². The number of rotatable bonds is 0. The first-order valence-corrected chi connectivity index (χ1v) is 6.45. The van der Waals surface area contributed by atoms with Gasteiger partial charge in [-0.25, -0.2) is 4.98 Å². The van der Waals surface area contributed by atoms with Gasteiger partial charge in [-0.2, -0.15) is 0 Å². The van der Waals surface area contributed by atoms with Crippen molar-refractivity contribution in [1.29, 1.82) is 0 Å². The number of aromatic amines is 1. The van der Waals surface area contributed by atoms with Gasteiger partial charge in [-0.3, -0.25) is 4.79 Å². The minimum atomic E-state index is 0.0465. The molecule has 4 nitrogen and oxygen atoms in total. The molecule has 4 heteroatoms. The lowest BCUT2D eigenvalue weighted by atomic mass is 9.66. The number of piperidine rings is 1. The zero-order valence-electron chi connectivity index (χ0n) is 10.5. The number of nitrogens with zero attached hydrogens (tertiary/aromatic N) is 1. The maximum Gasteiger partial charge on any atom is 0.254 e. The van der Waals surface area contributed by atoms with Crippen LogP contribution >= 0.6 is 0 Å². The Hall–Kier alpha value is -1.16. The average Bonchev–Trinajstić information content (AvgIpc) is 2.29. The summed E-state index contributed by atoms with van der Waals surface area (Å²) in [6, 6.07) is 0.484. The first kappa shape index (κ1) is 11.0. The number of fused-ring (bicyclic) bond motifs is 3. The van der Waals surface area contributed by atoms with Crippen LogP contribution in [0.1, 0.15) is 43.3 Å². The fourth-order valence-electron chi connectivity index (χ4n) is 3.44. The summed E-state index contributed by atoms with van der Waals surface area (Å²) in [4.78, 5) is 19.4. The molecule has 92 valence electrons. The Labute approximate surface area is 101 Å². The van der Waals surface area contributed by atoms with Crippen molar-refractivity contribution in [2.24, 2.45) is 0 Å². The van der Waals surface area contributed by atoms with Crippen LogP contribution in [0.25, 0.3) is 0 Å². The van der Waals surface area contributed by atoms with Crippen molar-refractivity contribution in [2.45, 2.75) is 51.0 Å². The Balaban J connectivity index is 2.19. The van der Waals surface area contributed by atoms with E-state index in [-0.39, 0.29) is 11.0 Å². The fourth-order valence-corrected chi connectivity index (χ4v) is 3.44. The van der Waals surface area contributed by atoms with Gasteiger partial charge in [-0.05, 0) is 39.2 Å². The summed E-state index contributed by atoms with van der Waals surface area (Å²) >= 11 is 0. The van der Waals surface area contributed by atoms with Crippen molar-refractivity contribution in [2.75, 3.05) is 6.54 Å². The highest BCUT2D eigenvalue weighted by Gasteiger charge is 2.44. The second-order valence-electron chi connectivity index (χ2n) is 5.54. The number of hydrogen-bond donors (Lipinski definition) is 2. The van der Waals surface area contributed by atoms with Crippen LogP contribution in [-0.2, 0) is 11.8 Å². The quantitative estimate of drug-likeness (QED) is 0.704. The number of hydrogen-bond acceptors (Lipinski definition) is 3. The summed E-state index contributed by atoms with van der Waals surface area (Å²) < 4.78 is 0. The zero-order chi connectivity index (χ0) is 12.0. The second-order valence-corrected chi connectivity index (χ2v) is 5.54. The molecule has 1 aromatic heterocycles. The van der Waals surface area contributed by atoms with Gasteiger partial charge in [0.25, 0.3) is 5.56 Å². The summed E-state index contributed by atoms with van der Waals surface area (Å²) in [5, 5.41) is 3.59. The molecule has 1 fully saturated rings. The molecular formula is C13H19N3O. The Kier molecular flexibility index (Phi) is 2.36. The van der Waals surface area contributed by atoms with Crippen LogP contribution in [0.2, 0.25) is 0 Å². The summed E-state index contributed by atoms with van der Waals surface area (Å²) in [7, 11) is 0. The smallest absolute Gasteiger partial charge is 0.254 e. The molecule has 17 heavy (non-hydrogen) atoms. The number of aryl methyl sites for hydroxylation is 1. The van der Waals surface area contributed by atoms with Gasteiger partial charge in [-0.15, -0.1) is 0 Å². The monoisotopic (exact) mass is 233 g/mol. The van der Waals surface area contributed by atoms with Gasteiger partial charge in [0.2, 0.25) is 0 Å². The van der Waals surface area contributed by atoms with E-state index in [1.54, 1.807) is 0 Å². The summed E-state index contributed by atoms with van der Waals surface area (Å²) in [6.45, 7) is 5.22. The van der Waals surface area contributed by atoms with Crippen molar-refractivity contribution < 1.29 is 0 Å². The molecular weight excluding hydrogens is 214 g/mol. The van der Waals surface area contributed by atoms with E-state index in [2.05, 4.69) is 22.2 Å². The first-order chi connectivity index (χ1) is 8.11. The summed E-state index contributed by atoms with van der Waals surface area (Å²) in [5.74, 6) is 0.737. The van der Waals surface area contributed by atoms with Crippen molar-refractivity contribution in [3.63, 3.8) is 0 Å². The molecule has 3 rings (SSSR count). The zero-order valence-corrected chi connectivity index (χ0v) is 10.5. The van der Waals surface area contributed by atoms with Crippen LogP contribution in [0.15, 0.2) is 4.79 Å². The average molecular weight is 233 g/mol. The summed E-state index contributed by atoms with van der Waals surface area (Å²) in [6.07, 6.45) is 4.20. The van der Waals surface area contributed by atoms with E-state index >= 15 is 0 Å². The predicted molar refractivity (Wildman–Crippen MR) is 66.3 cm³/mol. The molecule has 0 radical (unpaired) electrons. The fraction of sp³-hybridized carbons (Fsp3) is 0.692. The molecule has 1 unspecified atom stereocenters. The Morgan fingerprint density at radius 1 is 1.47 bits per heavy atom. The van der Waals surface area contributed by atoms with Crippen LogP contribution in [0.5, 0.6) is 0 Å². The maximum absolute atomic E-state index is 12.0. The molecule has 2 N–H and O–H groups in total. The number of nitrogens with one attached hydrogen (secondary N) is 2. The lowest BCUT2D eigenvalue weighted by Crippen LogP contribution is -2.55. The standard InChI is InChI=1S/C13H19N3O/c1-8-15-11-9(12(17)16-8)4-5-10-13(11,2)6-3-7-14-10/h10,14H,3-7H2,1-2H3,(H,15,16,17)/t10?,13-/m0/s1. The van der Waals surface area contributed by atoms with Crippen LogP contribution < -0.4 is 10.9 Å². The largest absolute Gasteiger partial charge is 0.313 e. The highest BCUT2D eigenvalue weighted by Crippen LogP contribution is 2.40. The second kappa shape index (κ2) is 3.67. The topological polar surface area (TPSA) is 57.8 Å². The van der Waals surface area contributed by atoms with E-state index in [0.717, 1.165) is 42.9 Å². The highest BCUT2D eigenvalue weighted by molar-refractivity contribution is 5.32. The van der Waals surface area contributed by atoms with Gasteiger partial charge in [0.1, 0.15) is 5.82 Å². The molecule has 1 aromatic rings. The first-order valence-electron chi connectivity index (χ1n) is 6.45. The molecule has 0 spiro atoms. The predicted octanol–water partition coefficient (Wildman–Crippen LogP) is 1.03. The van der Waals surface area contributed by atoms with E-state index in [1.807, 2.05) is 6.92 Å². The highest BCUT2D eigenvalue weighted by atomic mass is 16.1. The van der Waals surface area contributed by atoms with Crippen LogP contribution in [-0.4, -0.2) is 22.6 Å². The van der Waals surface area contributed by atoms with Gasteiger partial charge in [-0.1, -0.05) is 6.92 Å². The summed E-state index contributed by atoms with van der Waals surface area (Å²) in [5.41, 5.74) is 2.07. The lowest BCUT2D eigenvalue weighted by Gasteiger charge is -2.45. The van der Waals surface area contributed by atoms with Crippen LogP contribution in [0.3, 0.4) is 0 Å². The van der Waals surface area contributed by atoms with Gasteiger partial charge >= 0.3 is 0 Å². The molecule has 1 saturated heterocycles. The SMILES string of the molecule is Cc1nc2c(c(=O)[nH]1)CCC1NCCC[C@]21C. The van der Waals surface area contributed by atoms with E-state index in [1.165, 1.54) is 6.42 Å². The third-order valence-electron chi connectivity index (χ3n) is 4.39. The van der Waals surface area contributed by atoms with Gasteiger partial charge < -0.3 is 10.3 Å². The van der Waals surface area contributed by atoms with Crippen molar-refractivity contribution in [3.05, 3.63) is 27.4 Å². The molecule has 2 atom stereocenters. The van der Waals surface area contributed by atoms with Crippen molar-refractivity contribution in [1.82, 2.24) is 15.3 Å². The molecule has 1 aliphatic carbocycles. The Morgan fingerprint density at radius 3 is 3.12 bits per heavy atom. The molecule has 0 amide bonds. The third-order valence-corrected chi connectivity index (χ3v) is 4.39. The molecule has 2 aliphatic rings. The van der Waals surface area contributed by atoms with E-state index in [4.69, 9.17) is 0 Å². The Bertz CT molecular complexity index is 508. The third kappa shape index (κ3) is 1.54. The van der Waals surface area contributed by atoms with Gasteiger partial charge in [0.05, 0.1) is 5.69 Å². The van der Waals surface area contributed by atoms with Crippen LogP contribution in [0.4, 0.5) is 0 Å². The molecule has 0 bridgehead atoms. The minimum absolute atomic E-state index is 0.0465.